The normalized spacial score (nSPS) is 11.1. The number of hydrogen-bond donors (Lipinski definition) is 2. The maximum Gasteiger partial charge on any atom is 0.267 e. The number of pyridine rings is 1. The number of rotatable bonds is 6. The number of aromatic nitrogens is 3. The van der Waals surface area contributed by atoms with Crippen LogP contribution in [0.5, 0.6) is 0 Å². The first kappa shape index (κ1) is 21.2. The second-order valence-corrected chi connectivity index (χ2v) is 7.60. The molecule has 4 rings (SSSR count). The highest BCUT2D eigenvalue weighted by molar-refractivity contribution is 6.15. The van der Waals surface area contributed by atoms with E-state index in [1.807, 2.05) is 6.92 Å². The lowest BCUT2D eigenvalue weighted by molar-refractivity contribution is 0.0996. The molecule has 0 radical (unpaired) electrons. The molecule has 0 spiro atoms. The number of nitrogens with zero attached hydrogens (tertiary/aromatic N) is 3. The van der Waals surface area contributed by atoms with E-state index in [2.05, 4.69) is 10.1 Å². The maximum atomic E-state index is 13.2. The molecule has 2 heterocycles. The second kappa shape index (κ2) is 8.22. The van der Waals surface area contributed by atoms with Gasteiger partial charge >= 0.3 is 0 Å². The van der Waals surface area contributed by atoms with Crippen LogP contribution in [0, 0.1) is 19.7 Å². The molecule has 2 aromatic heterocycles. The van der Waals surface area contributed by atoms with Gasteiger partial charge in [0.15, 0.2) is 0 Å². The monoisotopic (exact) mass is 431 g/mol. The Hall–Kier alpha value is -4.07. The summed E-state index contributed by atoms with van der Waals surface area (Å²) in [6, 6.07) is 13.3. The first-order valence-corrected chi connectivity index (χ1v) is 10.1. The van der Waals surface area contributed by atoms with E-state index in [1.54, 1.807) is 48.0 Å². The summed E-state index contributed by atoms with van der Waals surface area (Å²) in [6.07, 6.45) is 0.628. The topological polar surface area (TPSA) is 117 Å². The van der Waals surface area contributed by atoms with Crippen LogP contribution in [0.1, 0.15) is 37.8 Å². The smallest absolute Gasteiger partial charge is 0.267 e. The highest BCUT2D eigenvalue weighted by atomic mass is 19.1. The van der Waals surface area contributed by atoms with Crippen molar-refractivity contribution in [3.8, 4) is 11.1 Å². The van der Waals surface area contributed by atoms with Crippen molar-refractivity contribution in [2.24, 2.45) is 11.5 Å². The van der Waals surface area contributed by atoms with E-state index in [4.69, 9.17) is 11.5 Å². The Morgan fingerprint density at radius 2 is 1.66 bits per heavy atom. The second-order valence-electron chi connectivity index (χ2n) is 7.60. The minimum atomic E-state index is -0.758. The number of primary amides is 2. The van der Waals surface area contributed by atoms with Gasteiger partial charge in [0.2, 0.25) is 5.91 Å². The summed E-state index contributed by atoms with van der Waals surface area (Å²) in [5, 5.41) is 5.15. The standard InChI is InChI=1S/C24H22FN5O2/c1-13-19(14(2)30(29-13)12-11-15-7-9-16(25)10-8-15)21-20(23(26)31)17-5-3-4-6-18(17)28-22(21)24(27)32/h3-10H,11-12H2,1-2H3,(H2,26,31)(H2,27,32). The zero-order valence-corrected chi connectivity index (χ0v) is 17.7. The van der Waals surface area contributed by atoms with Crippen molar-refractivity contribution >= 4 is 22.7 Å². The van der Waals surface area contributed by atoms with Crippen molar-refractivity contribution in [2.45, 2.75) is 26.8 Å². The molecule has 0 unspecified atom stereocenters. The Morgan fingerprint density at radius 3 is 2.31 bits per heavy atom. The third-order valence-electron chi connectivity index (χ3n) is 5.53. The SMILES string of the molecule is Cc1nn(CCc2ccc(F)cc2)c(C)c1-c1c(C(N)=O)nc2ccccc2c1C(N)=O. The summed E-state index contributed by atoms with van der Waals surface area (Å²) in [7, 11) is 0. The summed E-state index contributed by atoms with van der Waals surface area (Å²) >= 11 is 0. The molecule has 0 atom stereocenters. The number of halogens is 1. The molecule has 0 aliphatic rings. The number of amides is 2. The van der Waals surface area contributed by atoms with Gasteiger partial charge in [-0.25, -0.2) is 9.37 Å². The van der Waals surface area contributed by atoms with Crippen LogP contribution in [0.25, 0.3) is 22.0 Å². The summed E-state index contributed by atoms with van der Waals surface area (Å²) < 4.78 is 15.0. The predicted molar refractivity (Wildman–Crippen MR) is 120 cm³/mol. The van der Waals surface area contributed by atoms with E-state index in [0.717, 1.165) is 11.3 Å². The third kappa shape index (κ3) is 3.71. The fraction of sp³-hybridized carbons (Fsp3) is 0.167. The van der Waals surface area contributed by atoms with Gasteiger partial charge in [-0.1, -0.05) is 30.3 Å². The van der Waals surface area contributed by atoms with Gasteiger partial charge in [0.05, 0.1) is 16.8 Å². The van der Waals surface area contributed by atoms with Crippen molar-refractivity contribution in [1.82, 2.24) is 14.8 Å². The number of carbonyl (C=O) groups excluding carboxylic acids is 2. The number of carbonyl (C=O) groups is 2. The lowest BCUT2D eigenvalue weighted by atomic mass is 9.92. The highest BCUT2D eigenvalue weighted by Gasteiger charge is 2.27. The lowest BCUT2D eigenvalue weighted by Crippen LogP contribution is -2.21. The molecule has 0 aliphatic carbocycles. The molecular weight excluding hydrogens is 409 g/mol. The minimum Gasteiger partial charge on any atom is -0.366 e. The molecule has 0 saturated heterocycles. The summed E-state index contributed by atoms with van der Waals surface area (Å²) in [6.45, 7) is 4.17. The first-order chi connectivity index (χ1) is 15.3. The van der Waals surface area contributed by atoms with Crippen molar-refractivity contribution in [3.05, 3.63) is 82.6 Å². The van der Waals surface area contributed by atoms with Crippen LogP contribution in [0.15, 0.2) is 48.5 Å². The van der Waals surface area contributed by atoms with Crippen molar-refractivity contribution < 1.29 is 14.0 Å². The quantitative estimate of drug-likeness (QED) is 0.487. The highest BCUT2D eigenvalue weighted by Crippen LogP contribution is 2.36. The molecule has 4 aromatic rings. The van der Waals surface area contributed by atoms with E-state index in [-0.39, 0.29) is 17.1 Å². The van der Waals surface area contributed by atoms with E-state index >= 15 is 0 Å². The first-order valence-electron chi connectivity index (χ1n) is 10.1. The summed E-state index contributed by atoms with van der Waals surface area (Å²) in [4.78, 5) is 29.3. The molecule has 4 N–H and O–H groups in total. The molecule has 32 heavy (non-hydrogen) atoms. The van der Waals surface area contributed by atoms with Crippen LogP contribution < -0.4 is 11.5 Å². The molecule has 7 nitrogen and oxygen atoms in total. The predicted octanol–water partition coefficient (Wildman–Crippen LogP) is 3.29. The fourth-order valence-corrected chi connectivity index (χ4v) is 4.05. The van der Waals surface area contributed by atoms with Gasteiger partial charge in [0, 0.05) is 28.8 Å². The Morgan fingerprint density at radius 1 is 0.969 bits per heavy atom. The van der Waals surface area contributed by atoms with Crippen LogP contribution in [0.3, 0.4) is 0 Å². The van der Waals surface area contributed by atoms with Gasteiger partial charge in [0.25, 0.3) is 5.91 Å². The molecule has 2 amide bonds. The number of fused-ring (bicyclic) bond motifs is 1. The van der Waals surface area contributed by atoms with Crippen molar-refractivity contribution in [3.63, 3.8) is 0 Å². The van der Waals surface area contributed by atoms with Gasteiger partial charge in [-0.15, -0.1) is 0 Å². The molecule has 0 aliphatic heterocycles. The molecule has 0 fully saturated rings. The molecule has 2 aromatic carbocycles. The largest absolute Gasteiger partial charge is 0.366 e. The Kier molecular flexibility index (Phi) is 5.44. The number of nitrogens with two attached hydrogens (primary N) is 2. The van der Waals surface area contributed by atoms with E-state index in [0.29, 0.717) is 40.7 Å². The number of benzene rings is 2. The molecule has 8 heteroatoms. The van der Waals surface area contributed by atoms with Crippen LogP contribution in [-0.4, -0.2) is 26.6 Å². The Bertz CT molecular complexity index is 1360. The average molecular weight is 431 g/mol. The van der Waals surface area contributed by atoms with Gasteiger partial charge in [-0.2, -0.15) is 5.10 Å². The fourth-order valence-electron chi connectivity index (χ4n) is 4.05. The number of para-hydroxylation sites is 1. The molecule has 0 saturated carbocycles. The van der Waals surface area contributed by atoms with Gasteiger partial charge < -0.3 is 11.5 Å². The lowest BCUT2D eigenvalue weighted by Gasteiger charge is -2.14. The maximum absolute atomic E-state index is 13.2. The number of aryl methyl sites for hydroxylation is 3. The average Bonchev–Trinajstić information content (AvgIpc) is 3.04. The molecule has 0 bridgehead atoms. The van der Waals surface area contributed by atoms with Crippen molar-refractivity contribution in [1.29, 1.82) is 0 Å². The molecular formula is C24H22FN5O2. The van der Waals surface area contributed by atoms with E-state index in [1.165, 1.54) is 12.1 Å². The number of hydrogen-bond acceptors (Lipinski definition) is 4. The van der Waals surface area contributed by atoms with Gasteiger partial charge in [0.1, 0.15) is 11.5 Å². The van der Waals surface area contributed by atoms with Crippen LogP contribution >= 0.6 is 0 Å². The van der Waals surface area contributed by atoms with Crippen molar-refractivity contribution in [2.75, 3.05) is 0 Å². The molecule has 162 valence electrons. The van der Waals surface area contributed by atoms with E-state index in [9.17, 15) is 14.0 Å². The Labute approximate surface area is 183 Å². The van der Waals surface area contributed by atoms with E-state index < -0.39 is 11.8 Å². The Balaban J connectivity index is 1.88. The summed E-state index contributed by atoms with van der Waals surface area (Å²) in [5.74, 6) is -1.73. The zero-order chi connectivity index (χ0) is 23.0. The van der Waals surface area contributed by atoms with Crippen LogP contribution in [0.4, 0.5) is 4.39 Å². The van der Waals surface area contributed by atoms with Gasteiger partial charge in [-0.3, -0.25) is 14.3 Å². The third-order valence-corrected chi connectivity index (χ3v) is 5.53. The van der Waals surface area contributed by atoms with Crippen LogP contribution in [-0.2, 0) is 13.0 Å². The summed E-state index contributed by atoms with van der Waals surface area (Å²) in [5.41, 5.74) is 15.3. The van der Waals surface area contributed by atoms with Gasteiger partial charge in [-0.05, 0) is 44.0 Å². The van der Waals surface area contributed by atoms with Crippen LogP contribution in [0.2, 0.25) is 0 Å². The minimum absolute atomic E-state index is 0.0261. The zero-order valence-electron chi connectivity index (χ0n) is 17.7.